The maximum Gasteiger partial charge on any atom is 0.405 e. The molecule has 1 aliphatic rings. The van der Waals surface area contributed by atoms with Crippen molar-refractivity contribution in [1.29, 1.82) is 0 Å². The minimum absolute atomic E-state index is 0.220. The van der Waals surface area contributed by atoms with E-state index < -0.39 is 6.09 Å². The first-order chi connectivity index (χ1) is 10.6. The maximum atomic E-state index is 11.3. The molecule has 2 N–H and O–H groups in total. The molecule has 22 heavy (non-hydrogen) atoms. The summed E-state index contributed by atoms with van der Waals surface area (Å²) in [6.45, 7) is 7.49. The number of primary amides is 1. The highest BCUT2D eigenvalue weighted by atomic mass is 16.6. The van der Waals surface area contributed by atoms with Gasteiger partial charge in [-0.15, -0.1) is 0 Å². The smallest absolute Gasteiger partial charge is 0.405 e. The largest absolute Gasteiger partial charge is 0.441 e. The summed E-state index contributed by atoms with van der Waals surface area (Å²) < 4.78 is 5.43. The van der Waals surface area contributed by atoms with Gasteiger partial charge in [0.1, 0.15) is 6.10 Å². The number of hydrogen-bond acceptors (Lipinski definition) is 3. The maximum absolute atomic E-state index is 11.3. The summed E-state index contributed by atoms with van der Waals surface area (Å²) in [7, 11) is 0. The van der Waals surface area contributed by atoms with Crippen molar-refractivity contribution in [1.82, 2.24) is 4.90 Å². The summed E-state index contributed by atoms with van der Waals surface area (Å²) in [4.78, 5) is 13.8. The molecule has 1 amide bonds. The number of aryl methyl sites for hydroxylation is 1. The van der Waals surface area contributed by atoms with Crippen LogP contribution in [-0.4, -0.2) is 30.6 Å². The zero-order valence-electron chi connectivity index (χ0n) is 13.8. The van der Waals surface area contributed by atoms with E-state index in [1.165, 1.54) is 24.8 Å². The lowest BCUT2D eigenvalue weighted by atomic mass is 9.95. The van der Waals surface area contributed by atoms with Crippen LogP contribution in [0.5, 0.6) is 0 Å². The lowest BCUT2D eigenvalue weighted by Gasteiger charge is -2.32. The van der Waals surface area contributed by atoms with Crippen LogP contribution in [0.4, 0.5) is 4.79 Å². The molecule has 2 rings (SSSR count). The molecule has 122 valence electrons. The van der Waals surface area contributed by atoms with Gasteiger partial charge in [0.05, 0.1) is 0 Å². The molecule has 1 aliphatic heterocycles. The lowest BCUT2D eigenvalue weighted by Crippen LogP contribution is -2.36. The number of nitrogens with two attached hydrogens (primary N) is 1. The van der Waals surface area contributed by atoms with Crippen molar-refractivity contribution < 1.29 is 9.53 Å². The SMILES string of the molecule is CCc1ccc(C(OC(N)=O)C(C)CN2CCCCC2)cc1. The summed E-state index contributed by atoms with van der Waals surface area (Å²) in [6, 6.07) is 8.30. The van der Waals surface area contributed by atoms with Crippen LogP contribution in [0.25, 0.3) is 0 Å². The molecule has 0 aromatic heterocycles. The number of hydrogen-bond donors (Lipinski definition) is 1. The fourth-order valence-corrected chi connectivity index (χ4v) is 3.23. The first kappa shape index (κ1) is 16.8. The van der Waals surface area contributed by atoms with Gasteiger partial charge in [-0.25, -0.2) is 4.79 Å². The van der Waals surface area contributed by atoms with Crippen molar-refractivity contribution in [2.75, 3.05) is 19.6 Å². The predicted octanol–water partition coefficient (Wildman–Crippen LogP) is 3.51. The third-order valence-corrected chi connectivity index (χ3v) is 4.47. The molecule has 1 aromatic carbocycles. The minimum Gasteiger partial charge on any atom is -0.441 e. The van der Waals surface area contributed by atoms with Gasteiger partial charge in [0, 0.05) is 12.5 Å². The van der Waals surface area contributed by atoms with Crippen molar-refractivity contribution >= 4 is 6.09 Å². The molecule has 1 heterocycles. The first-order valence-corrected chi connectivity index (χ1v) is 8.37. The Hall–Kier alpha value is -1.55. The number of nitrogens with zero attached hydrogens (tertiary/aromatic N) is 1. The predicted molar refractivity (Wildman–Crippen MR) is 88.7 cm³/mol. The third-order valence-electron chi connectivity index (χ3n) is 4.47. The molecule has 1 saturated heterocycles. The van der Waals surface area contributed by atoms with Crippen molar-refractivity contribution in [3.8, 4) is 0 Å². The van der Waals surface area contributed by atoms with Crippen LogP contribution in [-0.2, 0) is 11.2 Å². The summed E-state index contributed by atoms with van der Waals surface area (Å²) in [5, 5.41) is 0. The monoisotopic (exact) mass is 304 g/mol. The Kier molecular flexibility index (Phi) is 6.25. The zero-order valence-corrected chi connectivity index (χ0v) is 13.8. The van der Waals surface area contributed by atoms with Gasteiger partial charge in [-0.1, -0.05) is 44.5 Å². The van der Waals surface area contributed by atoms with Crippen molar-refractivity contribution in [3.63, 3.8) is 0 Å². The number of piperidine rings is 1. The number of carbonyl (C=O) groups excluding carboxylic acids is 1. The van der Waals surface area contributed by atoms with E-state index in [4.69, 9.17) is 10.5 Å². The quantitative estimate of drug-likeness (QED) is 0.875. The average molecular weight is 304 g/mol. The fraction of sp³-hybridized carbons (Fsp3) is 0.611. The Morgan fingerprint density at radius 2 is 1.86 bits per heavy atom. The molecule has 1 fully saturated rings. The van der Waals surface area contributed by atoms with Crippen LogP contribution < -0.4 is 5.73 Å². The third kappa shape index (κ3) is 4.73. The van der Waals surface area contributed by atoms with Crippen molar-refractivity contribution in [2.45, 2.75) is 45.6 Å². The second-order valence-electron chi connectivity index (χ2n) is 6.29. The Morgan fingerprint density at radius 3 is 2.41 bits per heavy atom. The van der Waals surface area contributed by atoms with E-state index in [0.29, 0.717) is 0 Å². The molecule has 0 spiro atoms. The van der Waals surface area contributed by atoms with Crippen LogP contribution in [0.1, 0.15) is 50.3 Å². The van der Waals surface area contributed by atoms with E-state index in [1.54, 1.807) is 0 Å². The van der Waals surface area contributed by atoms with Gasteiger partial charge in [0.25, 0.3) is 0 Å². The molecule has 0 radical (unpaired) electrons. The highest BCUT2D eigenvalue weighted by molar-refractivity contribution is 5.65. The number of likely N-dealkylation sites (tertiary alicyclic amines) is 1. The normalized spacial score (nSPS) is 18.6. The molecule has 1 aromatic rings. The molecule has 2 atom stereocenters. The minimum atomic E-state index is -0.699. The molecule has 4 nitrogen and oxygen atoms in total. The molecular formula is C18H28N2O2. The Morgan fingerprint density at radius 1 is 1.23 bits per heavy atom. The van der Waals surface area contributed by atoms with E-state index in [9.17, 15) is 4.79 Å². The number of ether oxygens (including phenoxy) is 1. The molecule has 0 saturated carbocycles. The van der Waals surface area contributed by atoms with Crippen LogP contribution in [0.15, 0.2) is 24.3 Å². The van der Waals surface area contributed by atoms with E-state index >= 15 is 0 Å². The molecule has 2 unspecified atom stereocenters. The van der Waals surface area contributed by atoms with Crippen molar-refractivity contribution in [2.24, 2.45) is 11.7 Å². The summed E-state index contributed by atoms with van der Waals surface area (Å²) in [6.07, 6.45) is 3.88. The van der Waals surface area contributed by atoms with Gasteiger partial charge >= 0.3 is 6.09 Å². The fourth-order valence-electron chi connectivity index (χ4n) is 3.23. The number of benzene rings is 1. The summed E-state index contributed by atoms with van der Waals surface area (Å²) >= 11 is 0. The van der Waals surface area contributed by atoms with E-state index in [0.717, 1.165) is 31.6 Å². The van der Waals surface area contributed by atoms with E-state index in [1.807, 2.05) is 0 Å². The molecular weight excluding hydrogens is 276 g/mol. The Balaban J connectivity index is 2.07. The van der Waals surface area contributed by atoms with Gasteiger partial charge in [0.2, 0.25) is 0 Å². The van der Waals surface area contributed by atoms with Gasteiger partial charge in [0.15, 0.2) is 0 Å². The van der Waals surface area contributed by atoms with Crippen molar-refractivity contribution in [3.05, 3.63) is 35.4 Å². The van der Waals surface area contributed by atoms with E-state index in [2.05, 4.69) is 43.0 Å². The summed E-state index contributed by atoms with van der Waals surface area (Å²) in [5.41, 5.74) is 7.59. The number of amides is 1. The molecule has 0 aliphatic carbocycles. The molecule has 4 heteroatoms. The summed E-state index contributed by atoms with van der Waals surface area (Å²) in [5.74, 6) is 0.220. The Labute approximate surface area is 133 Å². The van der Waals surface area contributed by atoms with Crippen LogP contribution in [0.3, 0.4) is 0 Å². The van der Waals surface area contributed by atoms with Gasteiger partial charge in [-0.2, -0.15) is 0 Å². The second kappa shape index (κ2) is 8.18. The van der Waals surface area contributed by atoms with Gasteiger partial charge < -0.3 is 15.4 Å². The highest BCUT2D eigenvalue weighted by Gasteiger charge is 2.25. The average Bonchev–Trinajstić information content (AvgIpc) is 2.53. The first-order valence-electron chi connectivity index (χ1n) is 8.37. The number of carbonyl (C=O) groups is 1. The topological polar surface area (TPSA) is 55.6 Å². The van der Waals surface area contributed by atoms with Crippen LogP contribution in [0, 0.1) is 5.92 Å². The highest BCUT2D eigenvalue weighted by Crippen LogP contribution is 2.28. The number of rotatable bonds is 6. The van der Waals surface area contributed by atoms with Crippen LogP contribution in [0.2, 0.25) is 0 Å². The van der Waals surface area contributed by atoms with E-state index in [-0.39, 0.29) is 12.0 Å². The van der Waals surface area contributed by atoms with Gasteiger partial charge in [-0.05, 0) is 43.5 Å². The lowest BCUT2D eigenvalue weighted by molar-refractivity contribution is 0.0544. The second-order valence-corrected chi connectivity index (χ2v) is 6.29. The zero-order chi connectivity index (χ0) is 15.9. The van der Waals surface area contributed by atoms with Gasteiger partial charge in [-0.3, -0.25) is 0 Å². The Bertz CT molecular complexity index is 466. The standard InChI is InChI=1S/C18H28N2O2/c1-3-15-7-9-16(10-8-15)17(22-18(19)21)14(2)13-20-11-5-4-6-12-20/h7-10,14,17H,3-6,11-13H2,1-2H3,(H2,19,21). The molecule has 0 bridgehead atoms. The van der Waals surface area contributed by atoms with Crippen LogP contribution >= 0.6 is 0 Å².